The maximum absolute atomic E-state index is 4.23. The normalized spacial score (nSPS) is 10.9. The number of anilines is 1. The van der Waals surface area contributed by atoms with Crippen LogP contribution in [0.2, 0.25) is 0 Å². The second-order valence-electron chi connectivity index (χ2n) is 4.90. The molecule has 98 valence electrons. The fraction of sp³-hybridized carbons (Fsp3) is 0.250. The second kappa shape index (κ2) is 5.65. The van der Waals surface area contributed by atoms with Gasteiger partial charge in [-0.1, -0.05) is 23.4 Å². The molecule has 19 heavy (non-hydrogen) atoms. The highest BCUT2D eigenvalue weighted by Gasteiger charge is 1.97. The minimum Gasteiger partial charge on any atom is -0.260 e. The highest BCUT2D eigenvalue weighted by atomic mass is 15.4. The molecule has 0 saturated carbocycles. The van der Waals surface area contributed by atoms with Gasteiger partial charge in [0.1, 0.15) is 0 Å². The average Bonchev–Trinajstić information content (AvgIpc) is 2.38. The van der Waals surface area contributed by atoms with E-state index in [0.717, 1.165) is 16.9 Å². The summed E-state index contributed by atoms with van der Waals surface area (Å²) in [5.41, 5.74) is 9.65. The van der Waals surface area contributed by atoms with Crippen LogP contribution in [0.3, 0.4) is 0 Å². The highest BCUT2D eigenvalue weighted by Crippen LogP contribution is 2.20. The first-order valence-electron chi connectivity index (χ1n) is 6.37. The summed E-state index contributed by atoms with van der Waals surface area (Å²) in [5.74, 6) is 0. The van der Waals surface area contributed by atoms with Crippen molar-refractivity contribution in [2.75, 3.05) is 5.43 Å². The van der Waals surface area contributed by atoms with E-state index in [9.17, 15) is 0 Å². The Kier molecular flexibility index (Phi) is 3.95. The van der Waals surface area contributed by atoms with E-state index in [0.29, 0.717) is 0 Å². The second-order valence-corrected chi connectivity index (χ2v) is 4.90. The molecule has 0 aliphatic heterocycles. The minimum atomic E-state index is 0.899. The van der Waals surface area contributed by atoms with Crippen molar-refractivity contribution in [1.29, 1.82) is 0 Å². The number of hydrogen-bond donors (Lipinski definition) is 1. The monoisotopic (exact) mass is 253 g/mol. The fourth-order valence-electron chi connectivity index (χ4n) is 1.77. The molecule has 1 N–H and O–H groups in total. The van der Waals surface area contributed by atoms with Crippen molar-refractivity contribution in [2.45, 2.75) is 27.7 Å². The first kappa shape index (κ1) is 13.3. The molecule has 0 saturated heterocycles. The number of nitrogens with one attached hydrogen (secondary N) is 1. The van der Waals surface area contributed by atoms with E-state index in [4.69, 9.17) is 0 Å². The standard InChI is InChI=1S/C16H19N3/c1-11-5-6-13(3)16(9-11)18-19-17-15-8-7-12(2)14(4)10-15/h5-10H,1-4H3,(H,17,18). The molecule has 2 aromatic carbocycles. The van der Waals surface area contributed by atoms with Gasteiger partial charge in [0.2, 0.25) is 0 Å². The van der Waals surface area contributed by atoms with Gasteiger partial charge in [-0.05, 0) is 68.1 Å². The summed E-state index contributed by atoms with van der Waals surface area (Å²) >= 11 is 0. The van der Waals surface area contributed by atoms with Gasteiger partial charge in [0, 0.05) is 0 Å². The predicted molar refractivity (Wildman–Crippen MR) is 80.0 cm³/mol. The van der Waals surface area contributed by atoms with Crippen LogP contribution in [0.25, 0.3) is 0 Å². The molecule has 0 aromatic heterocycles. The lowest BCUT2D eigenvalue weighted by Crippen LogP contribution is -1.89. The van der Waals surface area contributed by atoms with Gasteiger partial charge in [-0.2, -0.15) is 0 Å². The lowest BCUT2D eigenvalue weighted by atomic mass is 10.1. The Morgan fingerprint density at radius 2 is 1.53 bits per heavy atom. The summed E-state index contributed by atoms with van der Waals surface area (Å²) in [6.45, 7) is 8.26. The lowest BCUT2D eigenvalue weighted by Gasteiger charge is -2.04. The van der Waals surface area contributed by atoms with Crippen LogP contribution in [-0.4, -0.2) is 0 Å². The van der Waals surface area contributed by atoms with Crippen molar-refractivity contribution in [1.82, 2.24) is 0 Å². The molecule has 0 unspecified atom stereocenters. The summed E-state index contributed by atoms with van der Waals surface area (Å²) in [5, 5.41) is 8.29. The Bertz CT molecular complexity index is 615. The van der Waals surface area contributed by atoms with Crippen molar-refractivity contribution in [3.63, 3.8) is 0 Å². The number of nitrogens with zero attached hydrogens (tertiary/aromatic N) is 2. The summed E-state index contributed by atoms with van der Waals surface area (Å²) < 4.78 is 0. The van der Waals surface area contributed by atoms with E-state index >= 15 is 0 Å². The van der Waals surface area contributed by atoms with Gasteiger partial charge in [0.05, 0.1) is 11.4 Å². The largest absolute Gasteiger partial charge is 0.260 e. The zero-order chi connectivity index (χ0) is 13.8. The van der Waals surface area contributed by atoms with Crippen LogP contribution in [0.15, 0.2) is 46.7 Å². The van der Waals surface area contributed by atoms with E-state index in [2.05, 4.69) is 60.8 Å². The van der Waals surface area contributed by atoms with E-state index in [-0.39, 0.29) is 0 Å². The van der Waals surface area contributed by atoms with Crippen LogP contribution in [-0.2, 0) is 0 Å². The third-order valence-electron chi connectivity index (χ3n) is 3.21. The van der Waals surface area contributed by atoms with Crippen molar-refractivity contribution < 1.29 is 0 Å². The maximum Gasteiger partial charge on any atom is 0.0906 e. The molecule has 2 aromatic rings. The summed E-state index contributed by atoms with van der Waals surface area (Å²) in [4.78, 5) is 0. The first-order chi connectivity index (χ1) is 9.06. The van der Waals surface area contributed by atoms with E-state index in [1.165, 1.54) is 16.7 Å². The number of rotatable bonds is 3. The molecule has 2 rings (SSSR count). The Labute approximate surface area is 114 Å². The van der Waals surface area contributed by atoms with Gasteiger partial charge >= 0.3 is 0 Å². The number of aryl methyl sites for hydroxylation is 4. The summed E-state index contributed by atoms with van der Waals surface area (Å²) in [7, 11) is 0. The van der Waals surface area contributed by atoms with Crippen LogP contribution < -0.4 is 5.43 Å². The minimum absolute atomic E-state index is 0.899. The van der Waals surface area contributed by atoms with Gasteiger partial charge in [0.15, 0.2) is 0 Å². The predicted octanol–water partition coefficient (Wildman–Crippen LogP) is 5.03. The van der Waals surface area contributed by atoms with Gasteiger partial charge in [0.25, 0.3) is 0 Å². The van der Waals surface area contributed by atoms with E-state index in [1.807, 2.05) is 19.1 Å². The van der Waals surface area contributed by atoms with Crippen LogP contribution in [0.5, 0.6) is 0 Å². The van der Waals surface area contributed by atoms with Crippen LogP contribution in [0.1, 0.15) is 22.3 Å². The average molecular weight is 253 g/mol. The molecule has 0 spiro atoms. The zero-order valence-electron chi connectivity index (χ0n) is 11.9. The molecule has 0 aliphatic carbocycles. The fourth-order valence-corrected chi connectivity index (χ4v) is 1.77. The maximum atomic E-state index is 4.23. The van der Waals surface area contributed by atoms with Crippen LogP contribution in [0, 0.1) is 27.7 Å². The van der Waals surface area contributed by atoms with Gasteiger partial charge in [-0.3, -0.25) is 5.43 Å². The molecule has 0 heterocycles. The summed E-state index contributed by atoms with van der Waals surface area (Å²) in [6, 6.07) is 12.3. The SMILES string of the molecule is Cc1ccc(C)c(N=NNc2ccc(C)c(C)c2)c1. The molecule has 3 heteroatoms. The molecular formula is C16H19N3. The Hall–Kier alpha value is -2.16. The first-order valence-corrected chi connectivity index (χ1v) is 6.37. The molecule has 0 radical (unpaired) electrons. The molecule has 0 bridgehead atoms. The van der Waals surface area contributed by atoms with Crippen LogP contribution >= 0.6 is 0 Å². The highest BCUT2D eigenvalue weighted by molar-refractivity contribution is 5.49. The molecule has 3 nitrogen and oxygen atoms in total. The molecule has 0 fully saturated rings. The van der Waals surface area contributed by atoms with Crippen LogP contribution in [0.4, 0.5) is 11.4 Å². The Morgan fingerprint density at radius 3 is 2.26 bits per heavy atom. The molecule has 0 aliphatic rings. The zero-order valence-corrected chi connectivity index (χ0v) is 11.9. The van der Waals surface area contributed by atoms with Gasteiger partial charge < -0.3 is 0 Å². The third-order valence-corrected chi connectivity index (χ3v) is 3.21. The molecule has 0 amide bonds. The van der Waals surface area contributed by atoms with E-state index in [1.54, 1.807) is 0 Å². The van der Waals surface area contributed by atoms with Gasteiger partial charge in [-0.25, -0.2) is 0 Å². The summed E-state index contributed by atoms with van der Waals surface area (Å²) in [6.07, 6.45) is 0. The van der Waals surface area contributed by atoms with Crippen molar-refractivity contribution in [3.8, 4) is 0 Å². The third kappa shape index (κ3) is 3.41. The lowest BCUT2D eigenvalue weighted by molar-refractivity contribution is 1.11. The van der Waals surface area contributed by atoms with Gasteiger partial charge in [-0.15, -0.1) is 5.11 Å². The molecular weight excluding hydrogens is 234 g/mol. The topological polar surface area (TPSA) is 36.8 Å². The van der Waals surface area contributed by atoms with E-state index < -0.39 is 0 Å². The Morgan fingerprint density at radius 1 is 0.789 bits per heavy atom. The van der Waals surface area contributed by atoms with Crippen molar-refractivity contribution >= 4 is 11.4 Å². The smallest absolute Gasteiger partial charge is 0.0906 e. The number of hydrogen-bond acceptors (Lipinski definition) is 2. The van der Waals surface area contributed by atoms with Crippen molar-refractivity contribution in [2.24, 2.45) is 10.3 Å². The Balaban J connectivity index is 2.11. The van der Waals surface area contributed by atoms with Crippen molar-refractivity contribution in [3.05, 3.63) is 58.7 Å². The molecule has 0 atom stereocenters. The number of benzene rings is 2. The quantitative estimate of drug-likeness (QED) is 0.604.